The van der Waals surface area contributed by atoms with Gasteiger partial charge in [0.25, 0.3) is 0 Å². The summed E-state index contributed by atoms with van der Waals surface area (Å²) < 4.78 is 40.2. The minimum Gasteiger partial charge on any atom is -0.256 e. The molecule has 0 bridgehead atoms. The normalized spacial score (nSPS) is 13.4. The number of rotatable bonds is 8. The lowest BCUT2D eigenvalue weighted by Gasteiger charge is -2.26. The first-order valence-electron chi connectivity index (χ1n) is 4.17. The second-order valence-electron chi connectivity index (χ2n) is 2.77. The van der Waals surface area contributed by atoms with E-state index in [1.807, 2.05) is 0 Å². The van der Waals surface area contributed by atoms with Crippen LogP contribution < -0.4 is 23.6 Å². The summed E-state index contributed by atoms with van der Waals surface area (Å²) in [6, 6.07) is 0. The highest BCUT2D eigenvalue weighted by Gasteiger charge is 2.50. The van der Waals surface area contributed by atoms with E-state index >= 15 is 0 Å². The van der Waals surface area contributed by atoms with Crippen LogP contribution in [0.3, 0.4) is 0 Å². The topological polar surface area (TPSA) is 175 Å². The summed E-state index contributed by atoms with van der Waals surface area (Å²) in [5.74, 6) is 19.1. The Balaban J connectivity index is 5.29. The van der Waals surface area contributed by atoms with Crippen LogP contribution in [0.5, 0.6) is 0 Å². The summed E-state index contributed by atoms with van der Waals surface area (Å²) in [5, 5.41) is -1.39. The summed E-state index contributed by atoms with van der Waals surface area (Å²) in [5.41, 5.74) is 0. The van der Waals surface area contributed by atoms with Gasteiger partial charge in [0.1, 0.15) is 0 Å². The van der Waals surface area contributed by atoms with E-state index in [4.69, 9.17) is 23.6 Å². The van der Waals surface area contributed by atoms with Crippen molar-refractivity contribution in [2.75, 3.05) is 0 Å². The molecule has 0 atom stereocenters. The fraction of sp³-hybridized carbons (Fsp3) is 1.00. The van der Waals surface area contributed by atoms with E-state index in [1.165, 1.54) is 0 Å². The Hall–Kier alpha value is 0.140. The van der Waals surface area contributed by atoms with Gasteiger partial charge in [-0.2, -0.15) is 0 Å². The van der Waals surface area contributed by atoms with Crippen molar-refractivity contribution in [3.05, 3.63) is 0 Å². The Morgan fingerprint density at radius 1 is 0.938 bits per heavy atom. The Bertz CT molecular complexity index is 258. The van der Waals surface area contributed by atoms with E-state index in [2.05, 4.69) is 18.5 Å². The smallest absolute Gasteiger partial charge is 0.256 e. The molecule has 0 aromatic carbocycles. The summed E-state index contributed by atoms with van der Waals surface area (Å²) in [4.78, 5) is 0. The molecule has 0 aromatic rings. The standard InChI is InChI=1S/C4H16N4O6P2/c1-2-3-4(15(9,11-5)12-6)16(10,13-7)14-8/h4H,2-3,5-8H2,1H3. The first-order chi connectivity index (χ1) is 7.44. The molecule has 0 rings (SSSR count). The van der Waals surface area contributed by atoms with E-state index in [0.717, 1.165) is 0 Å². The van der Waals surface area contributed by atoms with Gasteiger partial charge in [-0.15, -0.1) is 0 Å². The fourth-order valence-corrected chi connectivity index (χ4v) is 4.93. The highest BCUT2D eigenvalue weighted by Crippen LogP contribution is 2.69. The minimum atomic E-state index is -4.08. The summed E-state index contributed by atoms with van der Waals surface area (Å²) >= 11 is 0. The predicted octanol–water partition coefficient (Wildman–Crippen LogP) is 0.0600. The zero-order valence-corrected chi connectivity index (χ0v) is 10.4. The van der Waals surface area contributed by atoms with Gasteiger partial charge in [-0.25, -0.2) is 42.1 Å². The largest absolute Gasteiger partial charge is 0.378 e. The molecule has 0 saturated heterocycles. The van der Waals surface area contributed by atoms with Crippen molar-refractivity contribution in [2.45, 2.75) is 25.2 Å². The molecule has 0 spiro atoms. The molecule has 0 heterocycles. The van der Waals surface area contributed by atoms with Crippen molar-refractivity contribution >= 4 is 15.2 Å². The monoisotopic (exact) mass is 278 g/mol. The number of hydrogen-bond acceptors (Lipinski definition) is 10. The van der Waals surface area contributed by atoms with Crippen LogP contribution in [0.25, 0.3) is 0 Å². The maximum Gasteiger partial charge on any atom is 0.378 e. The molecule has 0 aliphatic carbocycles. The van der Waals surface area contributed by atoms with Crippen LogP contribution in [0.4, 0.5) is 0 Å². The first kappa shape index (κ1) is 16.1. The highest BCUT2D eigenvalue weighted by molar-refractivity contribution is 7.72. The molecule has 0 aromatic heterocycles. The van der Waals surface area contributed by atoms with E-state index in [1.54, 1.807) is 6.92 Å². The Morgan fingerprint density at radius 2 is 1.25 bits per heavy atom. The van der Waals surface area contributed by atoms with Crippen LogP contribution in [-0.2, 0) is 27.6 Å². The number of nitrogens with two attached hydrogens (primary N) is 4. The lowest BCUT2D eigenvalue weighted by atomic mass is 10.4. The van der Waals surface area contributed by atoms with Gasteiger partial charge in [-0.1, -0.05) is 13.3 Å². The van der Waals surface area contributed by atoms with Gasteiger partial charge in [0.15, 0.2) is 5.40 Å². The number of hydrogen-bond donors (Lipinski definition) is 4. The molecule has 98 valence electrons. The fourth-order valence-electron chi connectivity index (χ4n) is 1.08. The van der Waals surface area contributed by atoms with E-state index in [9.17, 15) is 9.13 Å². The summed E-state index contributed by atoms with van der Waals surface area (Å²) in [6.45, 7) is 1.71. The Labute approximate surface area is 92.4 Å². The van der Waals surface area contributed by atoms with Crippen LogP contribution in [0, 0.1) is 0 Å². The van der Waals surface area contributed by atoms with Gasteiger partial charge < -0.3 is 0 Å². The lowest BCUT2D eigenvalue weighted by molar-refractivity contribution is 0.184. The molecule has 0 aliphatic heterocycles. The van der Waals surface area contributed by atoms with Crippen LogP contribution in [0.1, 0.15) is 19.8 Å². The van der Waals surface area contributed by atoms with Crippen LogP contribution in [0.2, 0.25) is 0 Å². The summed E-state index contributed by atoms with van der Waals surface area (Å²) in [7, 11) is -8.16. The van der Waals surface area contributed by atoms with Crippen molar-refractivity contribution in [3.63, 3.8) is 0 Å². The third kappa shape index (κ3) is 3.31. The van der Waals surface area contributed by atoms with Crippen molar-refractivity contribution in [2.24, 2.45) is 23.6 Å². The lowest BCUT2D eigenvalue weighted by Crippen LogP contribution is -2.23. The van der Waals surface area contributed by atoms with Gasteiger partial charge in [0.2, 0.25) is 0 Å². The molecule has 8 N–H and O–H groups in total. The summed E-state index contributed by atoms with van der Waals surface area (Å²) in [6.07, 6.45) is 0.495. The van der Waals surface area contributed by atoms with Gasteiger partial charge in [0.05, 0.1) is 0 Å². The van der Waals surface area contributed by atoms with E-state index in [-0.39, 0.29) is 6.42 Å². The molecular weight excluding hydrogens is 262 g/mol. The van der Waals surface area contributed by atoms with Crippen molar-refractivity contribution in [1.29, 1.82) is 0 Å². The van der Waals surface area contributed by atoms with E-state index < -0.39 is 20.6 Å². The third-order valence-corrected chi connectivity index (χ3v) is 6.71. The zero-order valence-electron chi connectivity index (χ0n) is 8.64. The molecule has 16 heavy (non-hydrogen) atoms. The molecule has 0 aliphatic rings. The van der Waals surface area contributed by atoms with Crippen molar-refractivity contribution in [3.8, 4) is 0 Å². The van der Waals surface area contributed by atoms with E-state index in [0.29, 0.717) is 6.42 Å². The Kier molecular flexibility index (Phi) is 6.83. The van der Waals surface area contributed by atoms with Crippen LogP contribution in [0.15, 0.2) is 0 Å². The Morgan fingerprint density at radius 3 is 1.44 bits per heavy atom. The average Bonchev–Trinajstić information content (AvgIpc) is 2.34. The predicted molar refractivity (Wildman–Crippen MR) is 55.0 cm³/mol. The van der Waals surface area contributed by atoms with Crippen LogP contribution >= 0.6 is 15.2 Å². The average molecular weight is 278 g/mol. The van der Waals surface area contributed by atoms with Crippen molar-refractivity contribution in [1.82, 2.24) is 0 Å². The van der Waals surface area contributed by atoms with Crippen molar-refractivity contribution < 1.29 is 27.6 Å². The van der Waals surface area contributed by atoms with Gasteiger partial charge in [-0.3, -0.25) is 9.13 Å². The molecule has 0 saturated carbocycles. The molecule has 0 unspecified atom stereocenters. The minimum absolute atomic E-state index is 0.0529. The SMILES string of the molecule is CCCC(P(=O)(ON)ON)P(=O)(ON)ON. The van der Waals surface area contributed by atoms with Crippen LogP contribution in [-0.4, -0.2) is 5.40 Å². The molecule has 0 fully saturated rings. The maximum atomic E-state index is 11.9. The molecule has 0 amide bonds. The molecule has 12 heteroatoms. The van der Waals surface area contributed by atoms with Gasteiger partial charge >= 0.3 is 15.2 Å². The molecule has 0 radical (unpaired) electrons. The zero-order chi connectivity index (χ0) is 12.8. The quantitative estimate of drug-likeness (QED) is 0.350. The van der Waals surface area contributed by atoms with Gasteiger partial charge in [-0.05, 0) is 6.42 Å². The second-order valence-corrected chi connectivity index (χ2v) is 7.43. The second kappa shape index (κ2) is 6.77. The maximum absolute atomic E-state index is 11.9. The highest BCUT2D eigenvalue weighted by atomic mass is 31.2. The van der Waals surface area contributed by atoms with Gasteiger partial charge in [0, 0.05) is 0 Å². The molecule has 10 nitrogen and oxygen atoms in total. The molecular formula is C4H16N4O6P2. The first-order valence-corrected chi connectivity index (χ1v) is 7.39. The third-order valence-electron chi connectivity index (χ3n) is 1.86.